The zero-order valence-corrected chi connectivity index (χ0v) is 17.5. The number of methoxy groups -OCH3 is 1. The number of aryl methyl sites for hydroxylation is 1. The van der Waals surface area contributed by atoms with Gasteiger partial charge in [0.2, 0.25) is 10.0 Å². The molecule has 154 valence electrons. The Kier molecular flexibility index (Phi) is 5.72. The number of halogens is 1. The molecule has 1 aliphatic heterocycles. The van der Waals surface area contributed by atoms with Crippen molar-refractivity contribution >= 4 is 44.9 Å². The summed E-state index contributed by atoms with van der Waals surface area (Å²) in [5.74, 6) is -0.862. The van der Waals surface area contributed by atoms with Crippen LogP contribution in [0.25, 0.3) is 0 Å². The highest BCUT2D eigenvalue weighted by atomic mass is 35.5. The van der Waals surface area contributed by atoms with Crippen molar-refractivity contribution in [2.75, 3.05) is 29.5 Å². The van der Waals surface area contributed by atoms with E-state index >= 15 is 0 Å². The van der Waals surface area contributed by atoms with Crippen LogP contribution in [-0.2, 0) is 19.6 Å². The normalized spacial score (nSPS) is 15.9. The van der Waals surface area contributed by atoms with Gasteiger partial charge in [0.15, 0.2) is 6.10 Å². The van der Waals surface area contributed by atoms with Crippen molar-refractivity contribution in [3.8, 4) is 5.75 Å². The quantitative estimate of drug-likeness (QED) is 0.736. The summed E-state index contributed by atoms with van der Waals surface area (Å²) in [5.41, 5.74) is 1.66. The number of esters is 1. The van der Waals surface area contributed by atoms with Gasteiger partial charge in [0.1, 0.15) is 5.75 Å². The molecule has 0 aromatic heterocycles. The summed E-state index contributed by atoms with van der Waals surface area (Å²) >= 11 is 5.97. The van der Waals surface area contributed by atoms with Crippen LogP contribution in [0.1, 0.15) is 15.9 Å². The number of fused-ring (bicyclic) bond motifs is 1. The second-order valence-electron chi connectivity index (χ2n) is 6.52. The van der Waals surface area contributed by atoms with Gasteiger partial charge in [-0.15, -0.1) is 0 Å². The molecule has 0 radical (unpaired) electrons. The van der Waals surface area contributed by atoms with E-state index in [0.717, 1.165) is 10.6 Å². The first kappa shape index (κ1) is 20.9. The van der Waals surface area contributed by atoms with Gasteiger partial charge in [-0.2, -0.15) is 0 Å². The molecular formula is C19H19ClN2O6S. The molecule has 0 unspecified atom stereocenters. The summed E-state index contributed by atoms with van der Waals surface area (Å²) in [4.78, 5) is 24.6. The molecule has 1 N–H and O–H groups in total. The molecule has 0 bridgehead atoms. The van der Waals surface area contributed by atoms with Gasteiger partial charge in [0.05, 0.1) is 31.2 Å². The number of rotatable bonds is 4. The molecule has 3 rings (SSSR count). The highest BCUT2D eigenvalue weighted by molar-refractivity contribution is 7.92. The zero-order chi connectivity index (χ0) is 21.3. The van der Waals surface area contributed by atoms with E-state index in [1.165, 1.54) is 25.3 Å². The number of hydrogen-bond acceptors (Lipinski definition) is 6. The average Bonchev–Trinajstić information content (AvgIpc) is 2.67. The summed E-state index contributed by atoms with van der Waals surface area (Å²) in [6, 6.07) is 9.27. The molecule has 1 amide bonds. The molecule has 2 aromatic carbocycles. The lowest BCUT2D eigenvalue weighted by Crippen LogP contribution is -2.48. The van der Waals surface area contributed by atoms with Crippen LogP contribution in [0, 0.1) is 6.92 Å². The van der Waals surface area contributed by atoms with Gasteiger partial charge in [-0.1, -0.05) is 17.7 Å². The van der Waals surface area contributed by atoms with Crippen LogP contribution in [0.4, 0.5) is 11.4 Å². The molecule has 0 aliphatic carbocycles. The number of hydrogen-bond donors (Lipinski definition) is 1. The fraction of sp³-hybridized carbons (Fsp3) is 0.263. The van der Waals surface area contributed by atoms with Crippen LogP contribution in [-0.4, -0.2) is 46.3 Å². The van der Waals surface area contributed by atoms with Gasteiger partial charge in [-0.25, -0.2) is 13.2 Å². The molecule has 1 heterocycles. The minimum Gasteiger partial charge on any atom is -0.476 e. The van der Waals surface area contributed by atoms with Crippen molar-refractivity contribution in [1.82, 2.24) is 0 Å². The summed E-state index contributed by atoms with van der Waals surface area (Å²) in [6.07, 6.45) is -0.0540. The first-order valence-electron chi connectivity index (χ1n) is 8.54. The molecule has 1 atom stereocenters. The predicted octanol–water partition coefficient (Wildman–Crippen LogP) is 2.60. The highest BCUT2D eigenvalue weighted by Crippen LogP contribution is 2.37. The van der Waals surface area contributed by atoms with E-state index in [-0.39, 0.29) is 23.5 Å². The number of carbonyl (C=O) groups is 2. The first-order valence-corrected chi connectivity index (χ1v) is 10.8. The highest BCUT2D eigenvalue weighted by Gasteiger charge is 2.35. The molecule has 8 nitrogen and oxygen atoms in total. The smallest absolute Gasteiger partial charge is 0.337 e. The third-order valence-electron chi connectivity index (χ3n) is 4.40. The van der Waals surface area contributed by atoms with Gasteiger partial charge in [0, 0.05) is 10.7 Å². The Morgan fingerprint density at radius 3 is 2.62 bits per heavy atom. The van der Waals surface area contributed by atoms with Crippen molar-refractivity contribution in [3.63, 3.8) is 0 Å². The molecule has 0 saturated carbocycles. The standard InChI is InChI=1S/C19H19ClN2O6S/c1-11-4-5-12(19(24)27-2)8-14(11)21-18(23)17-10-22(29(3,25)26)15-9-13(20)6-7-16(15)28-17/h4-9,17H,10H2,1-3H3,(H,21,23)/t17-/m1/s1. The number of amides is 1. The fourth-order valence-corrected chi connectivity index (χ4v) is 3.96. The van der Waals surface area contributed by atoms with Crippen LogP contribution >= 0.6 is 11.6 Å². The van der Waals surface area contributed by atoms with E-state index in [0.29, 0.717) is 16.3 Å². The molecule has 2 aromatic rings. The number of sulfonamides is 1. The minimum absolute atomic E-state index is 0.215. The SMILES string of the molecule is COC(=O)c1ccc(C)c(NC(=O)[C@H]2CN(S(C)(=O)=O)c3cc(Cl)ccc3O2)c1. The number of ether oxygens (including phenoxy) is 2. The van der Waals surface area contributed by atoms with Gasteiger partial charge in [-0.05, 0) is 42.8 Å². The van der Waals surface area contributed by atoms with Crippen molar-refractivity contribution in [2.24, 2.45) is 0 Å². The third kappa shape index (κ3) is 4.46. The Hall–Kier alpha value is -2.78. The monoisotopic (exact) mass is 438 g/mol. The molecule has 0 fully saturated rings. The second-order valence-corrected chi connectivity index (χ2v) is 8.87. The fourth-order valence-electron chi connectivity index (χ4n) is 2.89. The van der Waals surface area contributed by atoms with Crippen LogP contribution in [0.5, 0.6) is 5.75 Å². The maximum absolute atomic E-state index is 12.8. The number of benzene rings is 2. The number of carbonyl (C=O) groups excluding carboxylic acids is 2. The summed E-state index contributed by atoms with van der Waals surface area (Å²) in [5, 5.41) is 3.04. The van der Waals surface area contributed by atoms with Crippen molar-refractivity contribution < 1.29 is 27.5 Å². The Morgan fingerprint density at radius 2 is 1.97 bits per heavy atom. The summed E-state index contributed by atoms with van der Waals surface area (Å²) < 4.78 is 36.0. The van der Waals surface area contributed by atoms with Gasteiger partial charge < -0.3 is 14.8 Å². The van der Waals surface area contributed by atoms with E-state index in [2.05, 4.69) is 5.32 Å². The molecule has 29 heavy (non-hydrogen) atoms. The van der Waals surface area contributed by atoms with Crippen molar-refractivity contribution in [3.05, 3.63) is 52.5 Å². The molecule has 0 spiro atoms. The van der Waals surface area contributed by atoms with Crippen LogP contribution in [0.3, 0.4) is 0 Å². The van der Waals surface area contributed by atoms with E-state index in [1.807, 2.05) is 0 Å². The number of nitrogens with one attached hydrogen (secondary N) is 1. The Balaban J connectivity index is 1.89. The second kappa shape index (κ2) is 7.92. The van der Waals surface area contributed by atoms with Gasteiger partial charge in [-0.3, -0.25) is 9.10 Å². The topological polar surface area (TPSA) is 102 Å². The summed E-state index contributed by atoms with van der Waals surface area (Å²) in [6.45, 7) is 1.55. The lowest BCUT2D eigenvalue weighted by molar-refractivity contribution is -0.122. The molecule has 10 heteroatoms. The molecule has 0 saturated heterocycles. The van der Waals surface area contributed by atoms with E-state index < -0.39 is 28.0 Å². The summed E-state index contributed by atoms with van der Waals surface area (Å²) in [7, 11) is -2.41. The van der Waals surface area contributed by atoms with Crippen LogP contribution < -0.4 is 14.4 Å². The van der Waals surface area contributed by atoms with E-state index in [1.54, 1.807) is 25.1 Å². The van der Waals surface area contributed by atoms with Crippen LogP contribution in [0.2, 0.25) is 5.02 Å². The van der Waals surface area contributed by atoms with Crippen molar-refractivity contribution in [1.29, 1.82) is 0 Å². The Labute approximate surface area is 173 Å². The minimum atomic E-state index is -3.67. The van der Waals surface area contributed by atoms with E-state index in [4.69, 9.17) is 21.1 Å². The number of nitrogens with zero attached hydrogens (tertiary/aromatic N) is 1. The average molecular weight is 439 g/mol. The number of anilines is 2. The third-order valence-corrected chi connectivity index (χ3v) is 5.78. The van der Waals surface area contributed by atoms with Crippen LogP contribution in [0.15, 0.2) is 36.4 Å². The first-order chi connectivity index (χ1) is 13.6. The van der Waals surface area contributed by atoms with Gasteiger partial charge >= 0.3 is 5.97 Å². The largest absolute Gasteiger partial charge is 0.476 e. The van der Waals surface area contributed by atoms with Gasteiger partial charge in [0.25, 0.3) is 5.91 Å². The predicted molar refractivity (Wildman–Crippen MR) is 109 cm³/mol. The lowest BCUT2D eigenvalue weighted by Gasteiger charge is -2.34. The molecular weight excluding hydrogens is 420 g/mol. The maximum atomic E-state index is 12.8. The zero-order valence-electron chi connectivity index (χ0n) is 15.9. The Bertz CT molecular complexity index is 1090. The van der Waals surface area contributed by atoms with Crippen molar-refractivity contribution in [2.45, 2.75) is 13.0 Å². The van der Waals surface area contributed by atoms with E-state index in [9.17, 15) is 18.0 Å². The maximum Gasteiger partial charge on any atom is 0.337 e. The Morgan fingerprint density at radius 1 is 1.24 bits per heavy atom. The molecule has 1 aliphatic rings. The lowest BCUT2D eigenvalue weighted by atomic mass is 10.1.